The molecule has 1 heterocycles. The Morgan fingerprint density at radius 3 is 2.52 bits per heavy atom. The Balaban J connectivity index is 2.31. The zero-order valence-electron chi connectivity index (χ0n) is 14.6. The van der Waals surface area contributed by atoms with E-state index in [9.17, 15) is 10.1 Å². The van der Waals surface area contributed by atoms with E-state index in [0.29, 0.717) is 11.3 Å². The smallest absolute Gasteiger partial charge is 0.338 e. The lowest BCUT2D eigenvalue weighted by Crippen LogP contribution is -2.26. The highest BCUT2D eigenvalue weighted by molar-refractivity contribution is 9.10. The van der Waals surface area contributed by atoms with Crippen LogP contribution in [0.15, 0.2) is 76.1 Å². The SMILES string of the molecule is CCOC(=O)C1=C(c2ccccc2)OC(N)=C(C#N)[C@@H]1c1ccccc1Br. The van der Waals surface area contributed by atoms with Crippen LogP contribution in [0.3, 0.4) is 0 Å². The summed E-state index contributed by atoms with van der Waals surface area (Å²) in [6.07, 6.45) is 0. The van der Waals surface area contributed by atoms with Crippen LogP contribution in [0, 0.1) is 11.3 Å². The van der Waals surface area contributed by atoms with Crippen molar-refractivity contribution in [3.8, 4) is 6.07 Å². The fourth-order valence-electron chi connectivity index (χ4n) is 3.00. The van der Waals surface area contributed by atoms with Crippen LogP contribution in [0.5, 0.6) is 0 Å². The molecule has 5 nitrogen and oxygen atoms in total. The Labute approximate surface area is 165 Å². The van der Waals surface area contributed by atoms with E-state index in [1.165, 1.54) is 0 Å². The topological polar surface area (TPSA) is 85.3 Å². The van der Waals surface area contributed by atoms with Crippen LogP contribution in [-0.4, -0.2) is 12.6 Å². The molecule has 2 aromatic carbocycles. The molecule has 0 amide bonds. The quantitative estimate of drug-likeness (QED) is 0.741. The van der Waals surface area contributed by atoms with Crippen LogP contribution >= 0.6 is 15.9 Å². The molecule has 0 saturated heterocycles. The predicted octanol–water partition coefficient (Wildman–Crippen LogP) is 4.23. The van der Waals surface area contributed by atoms with Crippen molar-refractivity contribution < 1.29 is 14.3 Å². The minimum atomic E-state index is -0.700. The molecule has 0 aromatic heterocycles. The standard InChI is InChI=1S/C21H17BrN2O3/c1-2-26-21(25)18-17(14-10-6-7-11-16(14)22)15(12-23)20(24)27-19(18)13-8-4-3-5-9-13/h3-11,17H,2,24H2,1H3/t17-/m0/s1. The minimum Gasteiger partial charge on any atom is -0.463 e. The third-order valence-corrected chi connectivity index (χ3v) is 4.89. The van der Waals surface area contributed by atoms with Crippen molar-refractivity contribution in [2.45, 2.75) is 12.8 Å². The predicted molar refractivity (Wildman–Crippen MR) is 105 cm³/mol. The molecule has 1 atom stereocenters. The summed E-state index contributed by atoms with van der Waals surface area (Å²) < 4.78 is 11.8. The van der Waals surface area contributed by atoms with E-state index in [1.807, 2.05) is 54.6 Å². The number of nitrogens with two attached hydrogens (primary N) is 1. The maximum atomic E-state index is 12.9. The molecule has 1 aliphatic heterocycles. The molecule has 2 N–H and O–H groups in total. The Kier molecular flexibility index (Phi) is 5.63. The molecule has 0 radical (unpaired) electrons. The molecule has 0 spiro atoms. The number of nitrogens with zero attached hydrogens (tertiary/aromatic N) is 1. The molecular formula is C21H17BrN2O3. The normalized spacial score (nSPS) is 16.6. The van der Waals surface area contributed by atoms with Gasteiger partial charge in [0.05, 0.1) is 18.1 Å². The second kappa shape index (κ2) is 8.11. The lowest BCUT2D eigenvalue weighted by molar-refractivity contribution is -0.138. The number of ether oxygens (including phenoxy) is 2. The molecule has 136 valence electrons. The Morgan fingerprint density at radius 1 is 1.22 bits per heavy atom. The maximum absolute atomic E-state index is 12.9. The minimum absolute atomic E-state index is 0.0230. The lowest BCUT2D eigenvalue weighted by atomic mass is 9.82. The number of esters is 1. The van der Waals surface area contributed by atoms with Gasteiger partial charge in [0, 0.05) is 10.0 Å². The van der Waals surface area contributed by atoms with Gasteiger partial charge in [-0.3, -0.25) is 0 Å². The van der Waals surface area contributed by atoms with Crippen LogP contribution in [0.2, 0.25) is 0 Å². The number of hydrogen-bond donors (Lipinski definition) is 1. The van der Waals surface area contributed by atoms with Gasteiger partial charge < -0.3 is 15.2 Å². The van der Waals surface area contributed by atoms with Gasteiger partial charge in [-0.25, -0.2) is 4.79 Å². The number of rotatable bonds is 4. The van der Waals surface area contributed by atoms with E-state index in [0.717, 1.165) is 10.0 Å². The van der Waals surface area contributed by atoms with E-state index in [2.05, 4.69) is 22.0 Å². The molecule has 3 rings (SSSR count). The van der Waals surface area contributed by atoms with E-state index in [4.69, 9.17) is 15.2 Å². The van der Waals surface area contributed by atoms with Gasteiger partial charge in [0.25, 0.3) is 0 Å². The van der Waals surface area contributed by atoms with Gasteiger partial charge in [0.15, 0.2) is 0 Å². The second-order valence-corrected chi connectivity index (χ2v) is 6.63. The molecule has 2 aromatic rings. The van der Waals surface area contributed by atoms with E-state index in [1.54, 1.807) is 6.92 Å². The zero-order valence-corrected chi connectivity index (χ0v) is 16.2. The summed E-state index contributed by atoms with van der Waals surface area (Å²) in [7, 11) is 0. The summed E-state index contributed by atoms with van der Waals surface area (Å²) in [4.78, 5) is 12.9. The monoisotopic (exact) mass is 424 g/mol. The fraction of sp³-hybridized carbons (Fsp3) is 0.143. The second-order valence-electron chi connectivity index (χ2n) is 5.78. The van der Waals surface area contributed by atoms with Crippen LogP contribution in [-0.2, 0) is 14.3 Å². The number of allylic oxidation sites excluding steroid dienone is 1. The summed E-state index contributed by atoms with van der Waals surface area (Å²) in [5, 5.41) is 9.71. The fourth-order valence-corrected chi connectivity index (χ4v) is 3.51. The summed E-state index contributed by atoms with van der Waals surface area (Å²) in [6.45, 7) is 1.93. The number of hydrogen-bond acceptors (Lipinski definition) is 5. The number of carbonyl (C=O) groups is 1. The Morgan fingerprint density at radius 2 is 1.89 bits per heavy atom. The molecule has 0 bridgehead atoms. The molecule has 27 heavy (non-hydrogen) atoms. The molecule has 0 aliphatic carbocycles. The van der Waals surface area contributed by atoms with Crippen molar-refractivity contribution in [3.05, 3.63) is 87.2 Å². The van der Waals surface area contributed by atoms with Gasteiger partial charge in [0.2, 0.25) is 5.88 Å². The first-order chi connectivity index (χ1) is 13.1. The van der Waals surface area contributed by atoms with E-state index < -0.39 is 11.9 Å². The van der Waals surface area contributed by atoms with Crippen LogP contribution < -0.4 is 5.73 Å². The van der Waals surface area contributed by atoms with Crippen molar-refractivity contribution in [1.29, 1.82) is 5.26 Å². The summed E-state index contributed by atoms with van der Waals surface area (Å²) in [5.41, 5.74) is 7.90. The third-order valence-electron chi connectivity index (χ3n) is 4.17. The summed E-state index contributed by atoms with van der Waals surface area (Å²) in [6, 6.07) is 18.6. The molecule has 0 unspecified atom stereocenters. The third kappa shape index (κ3) is 3.60. The van der Waals surface area contributed by atoms with Gasteiger partial charge in [-0.15, -0.1) is 0 Å². The number of benzene rings is 2. The van der Waals surface area contributed by atoms with Crippen LogP contribution in [0.25, 0.3) is 5.76 Å². The van der Waals surface area contributed by atoms with Gasteiger partial charge in [-0.2, -0.15) is 5.26 Å². The average molecular weight is 425 g/mol. The maximum Gasteiger partial charge on any atom is 0.338 e. The summed E-state index contributed by atoms with van der Waals surface area (Å²) >= 11 is 3.51. The van der Waals surface area contributed by atoms with Crippen molar-refractivity contribution in [2.24, 2.45) is 5.73 Å². The van der Waals surface area contributed by atoms with Crippen molar-refractivity contribution >= 4 is 27.7 Å². The summed E-state index contributed by atoms with van der Waals surface area (Å²) in [5.74, 6) is -0.970. The van der Waals surface area contributed by atoms with Crippen LogP contribution in [0.1, 0.15) is 24.0 Å². The first-order valence-electron chi connectivity index (χ1n) is 8.37. The van der Waals surface area contributed by atoms with Gasteiger partial charge >= 0.3 is 5.97 Å². The van der Waals surface area contributed by atoms with E-state index >= 15 is 0 Å². The van der Waals surface area contributed by atoms with Crippen molar-refractivity contribution in [1.82, 2.24) is 0 Å². The lowest BCUT2D eigenvalue weighted by Gasteiger charge is -2.28. The van der Waals surface area contributed by atoms with Gasteiger partial charge in [-0.05, 0) is 18.6 Å². The zero-order chi connectivity index (χ0) is 19.4. The average Bonchev–Trinajstić information content (AvgIpc) is 2.68. The van der Waals surface area contributed by atoms with Crippen molar-refractivity contribution in [3.63, 3.8) is 0 Å². The largest absolute Gasteiger partial charge is 0.463 e. The highest BCUT2D eigenvalue weighted by Crippen LogP contribution is 2.44. The molecule has 0 fully saturated rings. The molecule has 0 saturated carbocycles. The highest BCUT2D eigenvalue weighted by atomic mass is 79.9. The van der Waals surface area contributed by atoms with Crippen LogP contribution in [0.4, 0.5) is 0 Å². The first kappa shape index (κ1) is 18.7. The van der Waals surface area contributed by atoms with E-state index in [-0.39, 0.29) is 23.6 Å². The first-order valence-corrected chi connectivity index (χ1v) is 9.16. The van der Waals surface area contributed by atoms with Crippen molar-refractivity contribution in [2.75, 3.05) is 6.61 Å². The molecular weight excluding hydrogens is 408 g/mol. The Bertz CT molecular complexity index is 974. The number of carbonyl (C=O) groups excluding carboxylic acids is 1. The van der Waals surface area contributed by atoms with Gasteiger partial charge in [0.1, 0.15) is 17.4 Å². The Hall–Kier alpha value is -3.04. The number of nitriles is 1. The van der Waals surface area contributed by atoms with Gasteiger partial charge in [-0.1, -0.05) is 64.5 Å². The highest BCUT2D eigenvalue weighted by Gasteiger charge is 2.38. The molecule has 6 heteroatoms. The molecule has 1 aliphatic rings. The number of halogens is 1.